The first kappa shape index (κ1) is 15.2. The van der Waals surface area contributed by atoms with Gasteiger partial charge >= 0.3 is 6.03 Å². The van der Waals surface area contributed by atoms with Crippen LogP contribution in [-0.4, -0.2) is 36.9 Å². The number of hydrogen-bond donors (Lipinski definition) is 3. The molecule has 1 fully saturated rings. The summed E-state index contributed by atoms with van der Waals surface area (Å²) in [5.41, 5.74) is 2.62. The quantitative estimate of drug-likeness (QED) is 0.656. The van der Waals surface area contributed by atoms with Gasteiger partial charge in [0.05, 0.1) is 5.69 Å². The molecular formula is C16H16N8O. The summed E-state index contributed by atoms with van der Waals surface area (Å²) in [6, 6.07) is 10.8. The molecule has 126 valence electrons. The van der Waals surface area contributed by atoms with Crippen LogP contribution in [0.5, 0.6) is 0 Å². The molecule has 1 aliphatic rings. The van der Waals surface area contributed by atoms with E-state index in [0.717, 1.165) is 11.3 Å². The molecule has 2 heterocycles. The van der Waals surface area contributed by atoms with Gasteiger partial charge in [-0.2, -0.15) is 10.3 Å². The van der Waals surface area contributed by atoms with Crippen LogP contribution < -0.4 is 10.6 Å². The third kappa shape index (κ3) is 3.94. The number of urea groups is 1. The minimum atomic E-state index is -0.370. The number of rotatable bonds is 5. The standard InChI is InChI=1S/C16H16N8O/c25-16(18-14-7-6-13(19-20-14)11-4-5-11)17-12-3-1-2-10(8-12)9-15-21-23-24-22-15/h1-3,6-8,11H,4-5,9H2,(H2,17,18,20,25)(H,21,22,23,24). The fourth-order valence-corrected chi connectivity index (χ4v) is 2.48. The zero-order chi connectivity index (χ0) is 17.1. The highest BCUT2D eigenvalue weighted by Gasteiger charge is 2.25. The first-order valence-electron chi connectivity index (χ1n) is 7.99. The summed E-state index contributed by atoms with van der Waals surface area (Å²) in [5, 5.41) is 27.4. The predicted molar refractivity (Wildman–Crippen MR) is 90.1 cm³/mol. The van der Waals surface area contributed by atoms with Crippen molar-refractivity contribution in [2.75, 3.05) is 10.6 Å². The zero-order valence-electron chi connectivity index (χ0n) is 13.3. The Morgan fingerprint density at radius 2 is 2.04 bits per heavy atom. The van der Waals surface area contributed by atoms with Crippen molar-refractivity contribution >= 4 is 17.5 Å². The van der Waals surface area contributed by atoms with E-state index in [4.69, 9.17) is 0 Å². The highest BCUT2D eigenvalue weighted by molar-refractivity contribution is 5.99. The Hall–Kier alpha value is -3.36. The molecule has 9 heteroatoms. The van der Waals surface area contributed by atoms with Crippen molar-refractivity contribution in [1.82, 2.24) is 30.8 Å². The lowest BCUT2D eigenvalue weighted by Gasteiger charge is -2.08. The lowest BCUT2D eigenvalue weighted by atomic mass is 10.1. The number of carbonyl (C=O) groups excluding carboxylic acids is 1. The van der Waals surface area contributed by atoms with Gasteiger partial charge in [-0.15, -0.1) is 15.3 Å². The Labute approximate surface area is 143 Å². The summed E-state index contributed by atoms with van der Waals surface area (Å²) in [5.74, 6) is 1.55. The number of nitrogens with one attached hydrogen (secondary N) is 3. The van der Waals surface area contributed by atoms with E-state index in [1.54, 1.807) is 12.1 Å². The minimum absolute atomic E-state index is 0.370. The molecule has 1 saturated carbocycles. The molecule has 0 aliphatic heterocycles. The number of benzene rings is 1. The molecule has 1 aromatic carbocycles. The minimum Gasteiger partial charge on any atom is -0.308 e. The van der Waals surface area contributed by atoms with Crippen LogP contribution in [0.25, 0.3) is 0 Å². The topological polar surface area (TPSA) is 121 Å². The Morgan fingerprint density at radius 3 is 2.76 bits per heavy atom. The number of tetrazole rings is 1. The van der Waals surface area contributed by atoms with Crippen molar-refractivity contribution in [2.24, 2.45) is 0 Å². The molecule has 0 atom stereocenters. The number of aromatic nitrogens is 6. The highest BCUT2D eigenvalue weighted by atomic mass is 16.2. The second-order valence-corrected chi connectivity index (χ2v) is 5.90. The van der Waals surface area contributed by atoms with E-state index in [0.29, 0.717) is 29.7 Å². The Morgan fingerprint density at radius 1 is 1.12 bits per heavy atom. The van der Waals surface area contributed by atoms with E-state index in [-0.39, 0.29) is 6.03 Å². The molecule has 2 aromatic heterocycles. The van der Waals surface area contributed by atoms with Crippen LogP contribution in [0.3, 0.4) is 0 Å². The number of anilines is 2. The van der Waals surface area contributed by atoms with E-state index >= 15 is 0 Å². The molecule has 0 saturated heterocycles. The second kappa shape index (κ2) is 6.63. The van der Waals surface area contributed by atoms with Crippen LogP contribution in [0.4, 0.5) is 16.3 Å². The number of amides is 2. The highest BCUT2D eigenvalue weighted by Crippen LogP contribution is 2.38. The molecule has 1 aliphatic carbocycles. The van der Waals surface area contributed by atoms with Crippen LogP contribution in [-0.2, 0) is 6.42 Å². The van der Waals surface area contributed by atoms with E-state index in [1.165, 1.54) is 12.8 Å². The van der Waals surface area contributed by atoms with Gasteiger partial charge in [0.1, 0.15) is 0 Å². The molecule has 0 unspecified atom stereocenters. The van der Waals surface area contributed by atoms with Gasteiger partial charge in [0.2, 0.25) is 0 Å². The maximum atomic E-state index is 12.1. The van der Waals surface area contributed by atoms with Gasteiger partial charge in [0.25, 0.3) is 0 Å². The zero-order valence-corrected chi connectivity index (χ0v) is 13.3. The molecule has 2 amide bonds. The first-order valence-corrected chi connectivity index (χ1v) is 7.99. The number of nitrogens with zero attached hydrogens (tertiary/aromatic N) is 5. The molecule has 0 bridgehead atoms. The fourth-order valence-electron chi connectivity index (χ4n) is 2.48. The monoisotopic (exact) mass is 336 g/mol. The van der Waals surface area contributed by atoms with E-state index in [2.05, 4.69) is 41.5 Å². The predicted octanol–water partition coefficient (Wildman–Crippen LogP) is 2.10. The maximum Gasteiger partial charge on any atom is 0.324 e. The van der Waals surface area contributed by atoms with Gasteiger partial charge in [-0.1, -0.05) is 17.3 Å². The molecule has 0 radical (unpaired) electrons. The normalized spacial score (nSPS) is 13.4. The number of H-pyrrole nitrogens is 1. The second-order valence-electron chi connectivity index (χ2n) is 5.90. The third-order valence-corrected chi connectivity index (χ3v) is 3.86. The summed E-state index contributed by atoms with van der Waals surface area (Å²) in [4.78, 5) is 12.1. The summed E-state index contributed by atoms with van der Waals surface area (Å²) < 4.78 is 0. The summed E-state index contributed by atoms with van der Waals surface area (Å²) in [7, 11) is 0. The maximum absolute atomic E-state index is 12.1. The largest absolute Gasteiger partial charge is 0.324 e. The first-order chi connectivity index (χ1) is 12.3. The van der Waals surface area contributed by atoms with Gasteiger partial charge < -0.3 is 5.32 Å². The Bertz CT molecular complexity index is 858. The third-order valence-electron chi connectivity index (χ3n) is 3.86. The fraction of sp³-hybridized carbons (Fsp3) is 0.250. The van der Waals surface area contributed by atoms with Crippen molar-refractivity contribution in [3.8, 4) is 0 Å². The van der Waals surface area contributed by atoms with Gasteiger partial charge in [-0.3, -0.25) is 5.32 Å². The van der Waals surface area contributed by atoms with Gasteiger partial charge in [0.15, 0.2) is 11.6 Å². The molecule has 3 aromatic rings. The lowest BCUT2D eigenvalue weighted by molar-refractivity contribution is 0.262. The molecule has 0 spiro atoms. The van der Waals surface area contributed by atoms with Gasteiger partial charge in [0, 0.05) is 18.0 Å². The Kier molecular flexibility index (Phi) is 4.03. The molecule has 9 nitrogen and oxygen atoms in total. The van der Waals surface area contributed by atoms with Crippen molar-refractivity contribution in [3.05, 3.63) is 53.5 Å². The Balaban J connectivity index is 1.36. The van der Waals surface area contributed by atoms with Crippen molar-refractivity contribution in [1.29, 1.82) is 0 Å². The number of hydrogen-bond acceptors (Lipinski definition) is 6. The SMILES string of the molecule is O=C(Nc1cccc(Cc2nn[nH]n2)c1)Nc1ccc(C2CC2)nn1. The van der Waals surface area contributed by atoms with Crippen LogP contribution >= 0.6 is 0 Å². The summed E-state index contributed by atoms with van der Waals surface area (Å²) in [6.07, 6.45) is 2.87. The average molecular weight is 336 g/mol. The summed E-state index contributed by atoms with van der Waals surface area (Å²) in [6.45, 7) is 0. The van der Waals surface area contributed by atoms with Crippen molar-refractivity contribution in [3.63, 3.8) is 0 Å². The van der Waals surface area contributed by atoms with E-state index < -0.39 is 0 Å². The van der Waals surface area contributed by atoms with E-state index in [1.807, 2.05) is 24.3 Å². The molecule has 25 heavy (non-hydrogen) atoms. The van der Waals surface area contributed by atoms with E-state index in [9.17, 15) is 4.79 Å². The molecular weight excluding hydrogens is 320 g/mol. The van der Waals surface area contributed by atoms with Crippen LogP contribution in [0.1, 0.15) is 35.8 Å². The van der Waals surface area contributed by atoms with Crippen LogP contribution in [0, 0.1) is 0 Å². The van der Waals surface area contributed by atoms with Crippen LogP contribution in [0.15, 0.2) is 36.4 Å². The van der Waals surface area contributed by atoms with Crippen molar-refractivity contribution < 1.29 is 4.79 Å². The number of aromatic amines is 1. The van der Waals surface area contributed by atoms with Crippen molar-refractivity contribution in [2.45, 2.75) is 25.2 Å². The number of carbonyl (C=O) groups is 1. The van der Waals surface area contributed by atoms with Crippen LogP contribution in [0.2, 0.25) is 0 Å². The molecule has 3 N–H and O–H groups in total. The molecule has 4 rings (SSSR count). The smallest absolute Gasteiger partial charge is 0.308 e. The van der Waals surface area contributed by atoms with Gasteiger partial charge in [-0.05, 0) is 42.7 Å². The van der Waals surface area contributed by atoms with Gasteiger partial charge in [-0.25, -0.2) is 4.79 Å². The summed E-state index contributed by atoms with van der Waals surface area (Å²) >= 11 is 0. The average Bonchev–Trinajstić information content (AvgIpc) is 3.33. The lowest BCUT2D eigenvalue weighted by Crippen LogP contribution is -2.20.